The topological polar surface area (TPSA) is 17.8 Å². The van der Waals surface area contributed by atoms with Gasteiger partial charge in [-0.2, -0.15) is 17.7 Å². The molecule has 0 aliphatic heterocycles. The fourth-order valence-electron chi connectivity index (χ4n) is 1.13. The molecule has 0 aromatic carbocycles. The SMILES string of the molecule is CC(C)Cn1ccc(CCS)n1. The van der Waals surface area contributed by atoms with E-state index in [4.69, 9.17) is 0 Å². The van der Waals surface area contributed by atoms with Gasteiger partial charge in [-0.05, 0) is 17.7 Å². The van der Waals surface area contributed by atoms with Crippen molar-refractivity contribution in [1.82, 2.24) is 9.78 Å². The van der Waals surface area contributed by atoms with Crippen LogP contribution in [0.5, 0.6) is 0 Å². The van der Waals surface area contributed by atoms with Crippen LogP contribution in [0, 0.1) is 5.92 Å². The van der Waals surface area contributed by atoms with Gasteiger partial charge in [-0.3, -0.25) is 4.68 Å². The third-order valence-electron chi connectivity index (χ3n) is 1.62. The monoisotopic (exact) mass is 184 g/mol. The number of nitrogens with zero attached hydrogens (tertiary/aromatic N) is 2. The quantitative estimate of drug-likeness (QED) is 0.709. The third kappa shape index (κ3) is 2.89. The molecule has 0 aliphatic carbocycles. The zero-order valence-corrected chi connectivity index (χ0v) is 8.59. The molecular formula is C9H16N2S. The van der Waals surface area contributed by atoms with Crippen LogP contribution in [0.4, 0.5) is 0 Å². The first kappa shape index (κ1) is 9.65. The first-order valence-corrected chi connectivity index (χ1v) is 4.99. The summed E-state index contributed by atoms with van der Waals surface area (Å²) in [4.78, 5) is 0. The zero-order chi connectivity index (χ0) is 8.97. The molecular weight excluding hydrogens is 168 g/mol. The molecule has 68 valence electrons. The predicted molar refractivity (Wildman–Crippen MR) is 54.6 cm³/mol. The van der Waals surface area contributed by atoms with Crippen molar-refractivity contribution in [3.8, 4) is 0 Å². The van der Waals surface area contributed by atoms with Gasteiger partial charge in [0, 0.05) is 19.2 Å². The van der Waals surface area contributed by atoms with Gasteiger partial charge in [-0.1, -0.05) is 13.8 Å². The highest BCUT2D eigenvalue weighted by Gasteiger charge is 1.99. The molecule has 0 spiro atoms. The number of thiol groups is 1. The molecule has 0 saturated heterocycles. The lowest BCUT2D eigenvalue weighted by atomic mass is 10.2. The Hall–Kier alpha value is -0.440. The Bertz CT molecular complexity index is 230. The summed E-state index contributed by atoms with van der Waals surface area (Å²) in [6.45, 7) is 5.40. The maximum Gasteiger partial charge on any atom is 0.0632 e. The summed E-state index contributed by atoms with van der Waals surface area (Å²) >= 11 is 4.16. The summed E-state index contributed by atoms with van der Waals surface area (Å²) in [5.74, 6) is 1.53. The first-order chi connectivity index (χ1) is 5.72. The van der Waals surface area contributed by atoms with Gasteiger partial charge in [0.1, 0.15) is 0 Å². The Balaban J connectivity index is 2.52. The van der Waals surface area contributed by atoms with E-state index in [9.17, 15) is 0 Å². The van der Waals surface area contributed by atoms with Crippen LogP contribution < -0.4 is 0 Å². The van der Waals surface area contributed by atoms with E-state index >= 15 is 0 Å². The first-order valence-electron chi connectivity index (χ1n) is 4.35. The summed E-state index contributed by atoms with van der Waals surface area (Å²) in [7, 11) is 0. The zero-order valence-electron chi connectivity index (χ0n) is 7.70. The molecule has 0 N–H and O–H groups in total. The second kappa shape index (κ2) is 4.55. The highest BCUT2D eigenvalue weighted by atomic mass is 32.1. The molecule has 0 saturated carbocycles. The van der Waals surface area contributed by atoms with Gasteiger partial charge in [-0.25, -0.2) is 0 Å². The number of aryl methyl sites for hydroxylation is 1. The van der Waals surface area contributed by atoms with Gasteiger partial charge < -0.3 is 0 Å². The average molecular weight is 184 g/mol. The fourth-order valence-corrected chi connectivity index (χ4v) is 1.36. The molecule has 1 rings (SSSR count). The van der Waals surface area contributed by atoms with E-state index in [2.05, 4.69) is 37.6 Å². The summed E-state index contributed by atoms with van der Waals surface area (Å²) < 4.78 is 2.00. The summed E-state index contributed by atoms with van der Waals surface area (Å²) in [6, 6.07) is 2.07. The van der Waals surface area contributed by atoms with Crippen LogP contribution in [0.3, 0.4) is 0 Å². The number of hydrogen-bond acceptors (Lipinski definition) is 2. The molecule has 1 heterocycles. The minimum absolute atomic E-state index is 0.661. The van der Waals surface area contributed by atoms with Crippen LogP contribution >= 0.6 is 12.6 Å². The molecule has 0 radical (unpaired) electrons. The van der Waals surface area contributed by atoms with Crippen molar-refractivity contribution in [2.24, 2.45) is 5.92 Å². The van der Waals surface area contributed by atoms with Crippen LogP contribution in [0.2, 0.25) is 0 Å². The molecule has 0 unspecified atom stereocenters. The number of rotatable bonds is 4. The van der Waals surface area contributed by atoms with Gasteiger partial charge in [-0.15, -0.1) is 0 Å². The van der Waals surface area contributed by atoms with Crippen molar-refractivity contribution in [3.63, 3.8) is 0 Å². The molecule has 0 amide bonds. The second-order valence-electron chi connectivity index (χ2n) is 3.40. The Morgan fingerprint density at radius 3 is 2.92 bits per heavy atom. The van der Waals surface area contributed by atoms with E-state index in [1.54, 1.807) is 0 Å². The minimum Gasteiger partial charge on any atom is -0.272 e. The van der Waals surface area contributed by atoms with Crippen LogP contribution in [0.15, 0.2) is 12.3 Å². The maximum atomic E-state index is 4.41. The second-order valence-corrected chi connectivity index (χ2v) is 3.84. The van der Waals surface area contributed by atoms with Gasteiger partial charge >= 0.3 is 0 Å². The number of hydrogen-bond donors (Lipinski definition) is 1. The average Bonchev–Trinajstić information content (AvgIpc) is 2.36. The molecule has 12 heavy (non-hydrogen) atoms. The highest BCUT2D eigenvalue weighted by Crippen LogP contribution is 2.01. The van der Waals surface area contributed by atoms with E-state index in [1.165, 1.54) is 0 Å². The largest absolute Gasteiger partial charge is 0.272 e. The van der Waals surface area contributed by atoms with Gasteiger partial charge in [0.25, 0.3) is 0 Å². The third-order valence-corrected chi connectivity index (χ3v) is 1.84. The van der Waals surface area contributed by atoms with E-state index in [0.717, 1.165) is 24.4 Å². The Kier molecular flexibility index (Phi) is 3.66. The molecule has 0 fully saturated rings. The molecule has 0 aliphatic rings. The van der Waals surface area contributed by atoms with Crippen LogP contribution in [-0.4, -0.2) is 15.5 Å². The van der Waals surface area contributed by atoms with Gasteiger partial charge in [0.15, 0.2) is 0 Å². The molecule has 0 atom stereocenters. The van der Waals surface area contributed by atoms with E-state index in [-0.39, 0.29) is 0 Å². The highest BCUT2D eigenvalue weighted by molar-refractivity contribution is 7.80. The van der Waals surface area contributed by atoms with Crippen LogP contribution in [0.25, 0.3) is 0 Å². The number of aromatic nitrogens is 2. The summed E-state index contributed by atoms with van der Waals surface area (Å²) in [5.41, 5.74) is 1.14. The minimum atomic E-state index is 0.661. The van der Waals surface area contributed by atoms with Crippen molar-refractivity contribution < 1.29 is 0 Å². The van der Waals surface area contributed by atoms with Crippen LogP contribution in [-0.2, 0) is 13.0 Å². The molecule has 2 nitrogen and oxygen atoms in total. The Morgan fingerprint density at radius 2 is 2.33 bits per heavy atom. The summed E-state index contributed by atoms with van der Waals surface area (Å²) in [6.07, 6.45) is 3.01. The Morgan fingerprint density at radius 1 is 1.58 bits per heavy atom. The standard InChI is InChI=1S/C9H16N2S/c1-8(2)7-11-5-3-9(10-11)4-6-12/h3,5,8,12H,4,6-7H2,1-2H3. The van der Waals surface area contributed by atoms with Gasteiger partial charge in [0.2, 0.25) is 0 Å². The van der Waals surface area contributed by atoms with Crippen molar-refractivity contribution >= 4 is 12.6 Å². The lowest BCUT2D eigenvalue weighted by molar-refractivity contribution is 0.480. The van der Waals surface area contributed by atoms with Crippen molar-refractivity contribution in [2.75, 3.05) is 5.75 Å². The smallest absolute Gasteiger partial charge is 0.0632 e. The van der Waals surface area contributed by atoms with Crippen molar-refractivity contribution in [2.45, 2.75) is 26.8 Å². The Labute approximate surface area is 79.4 Å². The molecule has 1 aromatic rings. The summed E-state index contributed by atoms with van der Waals surface area (Å²) in [5, 5.41) is 4.41. The molecule has 3 heteroatoms. The molecule has 1 aromatic heterocycles. The van der Waals surface area contributed by atoms with E-state index < -0.39 is 0 Å². The lowest BCUT2D eigenvalue weighted by Gasteiger charge is -2.03. The fraction of sp³-hybridized carbons (Fsp3) is 0.667. The maximum absolute atomic E-state index is 4.41. The normalized spacial score (nSPS) is 11.0. The molecule has 0 bridgehead atoms. The lowest BCUT2D eigenvalue weighted by Crippen LogP contribution is -2.05. The predicted octanol–water partition coefficient (Wildman–Crippen LogP) is 2.01. The van der Waals surface area contributed by atoms with Gasteiger partial charge in [0.05, 0.1) is 5.69 Å². The van der Waals surface area contributed by atoms with E-state index in [1.807, 2.05) is 10.9 Å². The van der Waals surface area contributed by atoms with Crippen molar-refractivity contribution in [1.29, 1.82) is 0 Å². The van der Waals surface area contributed by atoms with Crippen molar-refractivity contribution in [3.05, 3.63) is 18.0 Å². The van der Waals surface area contributed by atoms with E-state index in [0.29, 0.717) is 5.92 Å². The van der Waals surface area contributed by atoms with Crippen LogP contribution in [0.1, 0.15) is 19.5 Å².